The van der Waals surface area contributed by atoms with Crippen LogP contribution in [-0.4, -0.2) is 49.6 Å². The van der Waals surface area contributed by atoms with Crippen LogP contribution in [0.1, 0.15) is 15.9 Å². The molecule has 28 heavy (non-hydrogen) atoms. The van der Waals surface area contributed by atoms with Gasteiger partial charge in [-0.2, -0.15) is 0 Å². The van der Waals surface area contributed by atoms with Gasteiger partial charge in [0.2, 0.25) is 0 Å². The molecular weight excluding hydrogens is 403 g/mol. The van der Waals surface area contributed by atoms with E-state index in [1.54, 1.807) is 41.3 Å². The molecule has 0 aliphatic carbocycles. The molecule has 1 fully saturated rings. The number of anilines is 1. The number of aryl methyl sites for hydroxylation is 1. The van der Waals surface area contributed by atoms with Crippen LogP contribution >= 0.6 is 23.2 Å². The monoisotopic (exact) mass is 422 g/mol. The number of rotatable bonds is 5. The number of ether oxygens (including phenoxy) is 2. The van der Waals surface area contributed by atoms with Crippen LogP contribution < -0.4 is 10.1 Å². The molecule has 2 aromatic carbocycles. The number of hydrogen-bond acceptors (Lipinski definition) is 4. The Balaban J connectivity index is 1.63. The van der Waals surface area contributed by atoms with Gasteiger partial charge in [0.15, 0.2) is 6.61 Å². The zero-order chi connectivity index (χ0) is 20.1. The fourth-order valence-corrected chi connectivity index (χ4v) is 3.03. The number of amides is 2. The van der Waals surface area contributed by atoms with E-state index in [9.17, 15) is 9.59 Å². The van der Waals surface area contributed by atoms with Crippen molar-refractivity contribution in [3.8, 4) is 5.75 Å². The van der Waals surface area contributed by atoms with Crippen LogP contribution in [-0.2, 0) is 9.53 Å². The zero-order valence-electron chi connectivity index (χ0n) is 15.3. The first-order chi connectivity index (χ1) is 13.4. The maximum Gasteiger partial charge on any atom is 0.262 e. The minimum absolute atomic E-state index is 0.122. The predicted octanol–water partition coefficient (Wildman–Crippen LogP) is 3.79. The number of carbonyl (C=O) groups excluding carboxylic acids is 2. The number of nitrogens with one attached hydrogen (secondary N) is 1. The molecule has 2 aromatic rings. The van der Waals surface area contributed by atoms with E-state index in [0.717, 1.165) is 5.56 Å². The SMILES string of the molecule is Cc1cc(OCC(=O)Nc2cc(C(=O)N3CCOCC3)ccc2Cl)ccc1Cl. The Morgan fingerprint density at radius 1 is 1.11 bits per heavy atom. The molecular formula is C20H20Cl2N2O4. The first-order valence-corrected chi connectivity index (χ1v) is 9.55. The number of nitrogens with zero attached hydrogens (tertiary/aromatic N) is 1. The summed E-state index contributed by atoms with van der Waals surface area (Å²) in [6.45, 7) is 3.77. The summed E-state index contributed by atoms with van der Waals surface area (Å²) in [5.74, 6) is 0.0354. The van der Waals surface area contributed by atoms with Crippen LogP contribution in [0.3, 0.4) is 0 Å². The normalized spacial score (nSPS) is 13.9. The highest BCUT2D eigenvalue weighted by Crippen LogP contribution is 2.25. The van der Waals surface area contributed by atoms with Crippen LogP contribution in [0.15, 0.2) is 36.4 Å². The summed E-state index contributed by atoms with van der Waals surface area (Å²) in [6.07, 6.45) is 0. The molecule has 0 saturated carbocycles. The van der Waals surface area contributed by atoms with Gasteiger partial charge >= 0.3 is 0 Å². The summed E-state index contributed by atoms with van der Waals surface area (Å²) >= 11 is 12.1. The van der Waals surface area contributed by atoms with Crippen LogP contribution in [0, 0.1) is 6.92 Å². The first kappa shape index (κ1) is 20.5. The second-order valence-electron chi connectivity index (χ2n) is 6.35. The average molecular weight is 423 g/mol. The van der Waals surface area contributed by atoms with Crippen LogP contribution in [0.4, 0.5) is 5.69 Å². The molecule has 2 amide bonds. The van der Waals surface area contributed by atoms with Gasteiger partial charge in [-0.1, -0.05) is 23.2 Å². The highest BCUT2D eigenvalue weighted by atomic mass is 35.5. The van der Waals surface area contributed by atoms with Gasteiger partial charge in [0.05, 0.1) is 23.9 Å². The molecule has 1 aliphatic rings. The van der Waals surface area contributed by atoms with Crippen LogP contribution in [0.2, 0.25) is 10.0 Å². The van der Waals surface area contributed by atoms with Crippen molar-refractivity contribution in [3.63, 3.8) is 0 Å². The molecule has 0 spiro atoms. The smallest absolute Gasteiger partial charge is 0.262 e. The molecule has 6 nitrogen and oxygen atoms in total. The topological polar surface area (TPSA) is 67.9 Å². The fraction of sp³-hybridized carbons (Fsp3) is 0.300. The Bertz CT molecular complexity index is 883. The van der Waals surface area contributed by atoms with Crippen molar-refractivity contribution < 1.29 is 19.1 Å². The minimum Gasteiger partial charge on any atom is -0.484 e. The molecule has 0 radical (unpaired) electrons. The van der Waals surface area contributed by atoms with E-state index >= 15 is 0 Å². The molecule has 1 aliphatic heterocycles. The van der Waals surface area contributed by atoms with E-state index in [4.69, 9.17) is 32.7 Å². The van der Waals surface area contributed by atoms with Crippen molar-refractivity contribution in [1.29, 1.82) is 0 Å². The molecule has 0 bridgehead atoms. The predicted molar refractivity (Wildman–Crippen MR) is 108 cm³/mol. The van der Waals surface area contributed by atoms with Gasteiger partial charge in [-0.25, -0.2) is 0 Å². The lowest BCUT2D eigenvalue weighted by atomic mass is 10.1. The lowest BCUT2D eigenvalue weighted by Gasteiger charge is -2.27. The highest BCUT2D eigenvalue weighted by molar-refractivity contribution is 6.34. The minimum atomic E-state index is -0.384. The van der Waals surface area contributed by atoms with E-state index < -0.39 is 0 Å². The first-order valence-electron chi connectivity index (χ1n) is 8.79. The molecule has 1 saturated heterocycles. The van der Waals surface area contributed by atoms with Crippen LogP contribution in [0.5, 0.6) is 5.75 Å². The largest absolute Gasteiger partial charge is 0.484 e. The molecule has 0 unspecified atom stereocenters. The summed E-state index contributed by atoms with van der Waals surface area (Å²) in [7, 11) is 0. The Labute approximate surface area is 173 Å². The zero-order valence-corrected chi connectivity index (χ0v) is 16.8. The second-order valence-corrected chi connectivity index (χ2v) is 7.16. The quantitative estimate of drug-likeness (QED) is 0.795. The van der Waals surface area contributed by atoms with E-state index in [0.29, 0.717) is 53.3 Å². The number of hydrogen-bond donors (Lipinski definition) is 1. The number of morpholine rings is 1. The summed E-state index contributed by atoms with van der Waals surface area (Å²) < 4.78 is 10.8. The number of halogens is 2. The third kappa shape index (κ3) is 5.16. The van der Waals surface area contributed by atoms with Crippen LogP contribution in [0.25, 0.3) is 0 Å². The Morgan fingerprint density at radius 3 is 2.54 bits per heavy atom. The summed E-state index contributed by atoms with van der Waals surface area (Å²) in [5.41, 5.74) is 1.68. The maximum atomic E-state index is 12.6. The standard InChI is InChI=1S/C20H20Cl2N2O4/c1-13-10-15(3-5-16(13)21)28-12-19(25)23-18-11-14(2-4-17(18)22)20(26)24-6-8-27-9-7-24/h2-5,10-11H,6-9,12H2,1H3,(H,23,25). The number of carbonyl (C=O) groups is 2. The second kappa shape index (κ2) is 9.28. The third-order valence-corrected chi connectivity index (χ3v) is 5.04. The molecule has 8 heteroatoms. The Hall–Kier alpha value is -2.28. The fourth-order valence-electron chi connectivity index (χ4n) is 2.75. The van der Waals surface area contributed by atoms with E-state index in [1.807, 2.05) is 6.92 Å². The highest BCUT2D eigenvalue weighted by Gasteiger charge is 2.19. The van der Waals surface area contributed by atoms with Crippen molar-refractivity contribution >= 4 is 40.7 Å². The molecule has 0 atom stereocenters. The van der Waals surface area contributed by atoms with Crippen molar-refractivity contribution in [3.05, 3.63) is 57.6 Å². The van der Waals surface area contributed by atoms with Crippen molar-refractivity contribution in [2.24, 2.45) is 0 Å². The van der Waals surface area contributed by atoms with Crippen molar-refractivity contribution in [1.82, 2.24) is 4.90 Å². The summed E-state index contributed by atoms with van der Waals surface area (Å²) in [6, 6.07) is 9.96. The van der Waals surface area contributed by atoms with Crippen molar-refractivity contribution in [2.75, 3.05) is 38.2 Å². The van der Waals surface area contributed by atoms with E-state index in [-0.39, 0.29) is 18.4 Å². The summed E-state index contributed by atoms with van der Waals surface area (Å²) in [4.78, 5) is 26.6. The average Bonchev–Trinajstić information content (AvgIpc) is 2.70. The lowest BCUT2D eigenvalue weighted by Crippen LogP contribution is -2.40. The number of benzene rings is 2. The van der Waals surface area contributed by atoms with Crippen molar-refractivity contribution in [2.45, 2.75) is 6.92 Å². The van der Waals surface area contributed by atoms with Gasteiger partial charge in [-0.05, 0) is 48.9 Å². The molecule has 148 valence electrons. The molecule has 3 rings (SSSR count). The Morgan fingerprint density at radius 2 is 1.82 bits per heavy atom. The van der Waals surface area contributed by atoms with Gasteiger partial charge in [0, 0.05) is 23.7 Å². The Kier molecular flexibility index (Phi) is 6.78. The molecule has 0 aromatic heterocycles. The van der Waals surface area contributed by atoms with E-state index in [2.05, 4.69) is 5.32 Å². The maximum absolute atomic E-state index is 12.6. The van der Waals surface area contributed by atoms with Gasteiger partial charge in [-0.3, -0.25) is 9.59 Å². The van der Waals surface area contributed by atoms with Gasteiger partial charge in [-0.15, -0.1) is 0 Å². The van der Waals surface area contributed by atoms with Gasteiger partial charge in [0.1, 0.15) is 5.75 Å². The van der Waals surface area contributed by atoms with Gasteiger partial charge < -0.3 is 19.7 Å². The lowest BCUT2D eigenvalue weighted by molar-refractivity contribution is -0.118. The summed E-state index contributed by atoms with van der Waals surface area (Å²) in [5, 5.41) is 3.66. The third-order valence-electron chi connectivity index (χ3n) is 4.29. The molecule has 1 heterocycles. The molecule has 1 N–H and O–H groups in total. The van der Waals surface area contributed by atoms with E-state index in [1.165, 1.54) is 0 Å². The van der Waals surface area contributed by atoms with Gasteiger partial charge in [0.25, 0.3) is 11.8 Å².